The Morgan fingerprint density at radius 2 is 1.47 bits per heavy atom. The molecule has 0 aliphatic rings. The van der Waals surface area contributed by atoms with Crippen LogP contribution in [0.5, 0.6) is 0 Å². The number of nitrogens with one attached hydrogen (secondary N) is 1. The Bertz CT molecular complexity index is 240. The Balaban J connectivity index is 4.47. The van der Waals surface area contributed by atoms with Gasteiger partial charge in [0, 0.05) is 6.54 Å². The maximum atomic E-state index is 12.4. The van der Waals surface area contributed by atoms with Gasteiger partial charge in [-0.15, -0.1) is 0 Å². The molecule has 0 aliphatic heterocycles. The van der Waals surface area contributed by atoms with Crippen LogP contribution in [0.2, 0.25) is 0 Å². The fourth-order valence-corrected chi connectivity index (χ4v) is 0.585. The summed E-state index contributed by atoms with van der Waals surface area (Å²) in [4.78, 5) is 10.6. The van der Waals surface area contributed by atoms with E-state index in [1.807, 2.05) is 0 Å². The molecule has 90 valence electrons. The molecule has 0 heterocycles. The first kappa shape index (κ1) is 14.1. The number of hydrogen-bond donors (Lipinski definition) is 1. The molecule has 0 unspecified atom stereocenters. The van der Waals surface area contributed by atoms with Crippen LogP contribution in [0.25, 0.3) is 0 Å². The molecule has 0 bridgehead atoms. The number of carbonyl (C=O) groups is 1. The summed E-state index contributed by atoms with van der Waals surface area (Å²) in [6, 6.07) is 0. The van der Waals surface area contributed by atoms with E-state index in [1.165, 1.54) is 0 Å². The summed E-state index contributed by atoms with van der Waals surface area (Å²) in [5.74, 6) is -7.65. The highest BCUT2D eigenvalue weighted by Crippen LogP contribution is 2.35. The minimum absolute atomic E-state index is 0.252. The van der Waals surface area contributed by atoms with Crippen LogP contribution >= 0.6 is 0 Å². The normalized spacial score (nSPS) is 13.9. The van der Waals surface area contributed by atoms with Gasteiger partial charge in [0.2, 0.25) is 0 Å². The number of amides is 1. The summed E-state index contributed by atoms with van der Waals surface area (Å²) in [7, 11) is 0. The smallest absolute Gasteiger partial charge is 0.350 e. The Kier molecular flexibility index (Phi) is 3.71. The molecule has 1 N–H and O–H groups in total. The van der Waals surface area contributed by atoms with Gasteiger partial charge in [-0.05, 0) is 5.41 Å². The summed E-state index contributed by atoms with van der Waals surface area (Å²) < 4.78 is 59.8. The lowest BCUT2D eigenvalue weighted by atomic mass is 9.97. The molecule has 7 heteroatoms. The van der Waals surface area contributed by atoms with Crippen molar-refractivity contribution in [2.24, 2.45) is 5.41 Å². The summed E-state index contributed by atoms with van der Waals surface area (Å²) in [6.45, 7) is 4.54. The molecule has 0 aromatic carbocycles. The van der Waals surface area contributed by atoms with E-state index in [9.17, 15) is 26.7 Å². The second kappa shape index (κ2) is 3.94. The number of carbonyl (C=O) groups excluding carboxylic acids is 1. The molecule has 0 fully saturated rings. The van der Waals surface area contributed by atoms with Crippen molar-refractivity contribution in [1.82, 2.24) is 5.32 Å². The highest BCUT2D eigenvalue weighted by Gasteiger charge is 2.63. The predicted molar refractivity (Wildman–Crippen MR) is 43.5 cm³/mol. The molecule has 0 aliphatic carbocycles. The fraction of sp³-hybridized carbons (Fsp3) is 0.875. The molecule has 0 rings (SSSR count). The minimum Gasteiger partial charge on any atom is -0.350 e. The van der Waals surface area contributed by atoms with Gasteiger partial charge in [-0.25, -0.2) is 0 Å². The van der Waals surface area contributed by atoms with Crippen LogP contribution in [-0.2, 0) is 4.79 Å². The number of alkyl halides is 5. The molecule has 0 saturated heterocycles. The van der Waals surface area contributed by atoms with Gasteiger partial charge < -0.3 is 5.32 Å². The molecular formula is C8H12F5NO. The first-order valence-electron chi connectivity index (χ1n) is 4.11. The zero-order valence-corrected chi connectivity index (χ0v) is 8.51. The third-order valence-corrected chi connectivity index (χ3v) is 1.42. The largest absolute Gasteiger partial charge is 0.463 e. The van der Waals surface area contributed by atoms with Crippen molar-refractivity contribution in [2.75, 3.05) is 6.54 Å². The average molecular weight is 233 g/mol. The van der Waals surface area contributed by atoms with Crippen LogP contribution in [0.3, 0.4) is 0 Å². The average Bonchev–Trinajstić information content (AvgIpc) is 1.96. The molecule has 1 amide bonds. The van der Waals surface area contributed by atoms with Crippen LogP contribution in [-0.4, -0.2) is 24.6 Å². The monoisotopic (exact) mass is 233 g/mol. The van der Waals surface area contributed by atoms with Gasteiger partial charge in [0.25, 0.3) is 5.91 Å². The molecule has 0 saturated carbocycles. The predicted octanol–water partition coefficient (Wildman–Crippen LogP) is 2.35. The number of rotatable bonds is 2. The highest BCUT2D eigenvalue weighted by molar-refractivity contribution is 5.84. The fourth-order valence-electron chi connectivity index (χ4n) is 0.585. The van der Waals surface area contributed by atoms with E-state index >= 15 is 0 Å². The van der Waals surface area contributed by atoms with E-state index in [1.54, 1.807) is 26.1 Å². The Morgan fingerprint density at radius 1 is 1.07 bits per heavy atom. The highest BCUT2D eigenvalue weighted by atomic mass is 19.4. The summed E-state index contributed by atoms with van der Waals surface area (Å²) in [5, 5.41) is 1.56. The number of hydrogen-bond acceptors (Lipinski definition) is 1. The van der Waals surface area contributed by atoms with Crippen molar-refractivity contribution in [3.63, 3.8) is 0 Å². The van der Waals surface area contributed by atoms with E-state index in [2.05, 4.69) is 0 Å². The molecule has 0 aromatic heterocycles. The summed E-state index contributed by atoms with van der Waals surface area (Å²) in [5.41, 5.74) is -0.558. The zero-order valence-electron chi connectivity index (χ0n) is 8.51. The Hall–Kier alpha value is -0.880. The van der Waals surface area contributed by atoms with E-state index in [4.69, 9.17) is 0 Å². The SMILES string of the molecule is CC(C)(C)CNC(=O)C(F)(F)C(F)(F)F. The number of halogens is 5. The first-order chi connectivity index (χ1) is 6.38. The second-order valence-corrected chi connectivity index (χ2v) is 4.32. The van der Waals surface area contributed by atoms with Crippen LogP contribution < -0.4 is 5.32 Å². The van der Waals surface area contributed by atoms with Crippen molar-refractivity contribution in [3.05, 3.63) is 0 Å². The molecule has 0 aromatic rings. The molecule has 2 nitrogen and oxygen atoms in total. The minimum atomic E-state index is -5.85. The summed E-state index contributed by atoms with van der Waals surface area (Å²) >= 11 is 0. The van der Waals surface area contributed by atoms with Crippen molar-refractivity contribution >= 4 is 5.91 Å². The molecule has 15 heavy (non-hydrogen) atoms. The maximum absolute atomic E-state index is 12.4. The first-order valence-corrected chi connectivity index (χ1v) is 4.11. The van der Waals surface area contributed by atoms with Crippen LogP contribution in [0.1, 0.15) is 20.8 Å². The lowest BCUT2D eigenvalue weighted by Gasteiger charge is -2.23. The van der Waals surface area contributed by atoms with Crippen molar-refractivity contribution in [3.8, 4) is 0 Å². The topological polar surface area (TPSA) is 29.1 Å². The molecular weight excluding hydrogens is 221 g/mol. The molecule has 0 radical (unpaired) electrons. The van der Waals surface area contributed by atoms with E-state index in [-0.39, 0.29) is 6.54 Å². The standard InChI is InChI=1S/C8H12F5NO/c1-6(2,3)4-14-5(15)7(9,10)8(11,12)13/h4H2,1-3H3,(H,14,15). The van der Waals surface area contributed by atoms with Gasteiger partial charge in [0.1, 0.15) is 0 Å². The van der Waals surface area contributed by atoms with Crippen molar-refractivity contribution in [1.29, 1.82) is 0 Å². The van der Waals surface area contributed by atoms with E-state index in [0.29, 0.717) is 0 Å². The lowest BCUT2D eigenvalue weighted by Crippen LogP contribution is -2.51. The van der Waals surface area contributed by atoms with Gasteiger partial charge in [0.05, 0.1) is 0 Å². The maximum Gasteiger partial charge on any atom is 0.463 e. The lowest BCUT2D eigenvalue weighted by molar-refractivity contribution is -0.269. The van der Waals surface area contributed by atoms with Gasteiger partial charge in [0.15, 0.2) is 0 Å². The van der Waals surface area contributed by atoms with E-state index < -0.39 is 23.4 Å². The van der Waals surface area contributed by atoms with Crippen molar-refractivity contribution in [2.45, 2.75) is 32.9 Å². The van der Waals surface area contributed by atoms with Crippen LogP contribution in [0.4, 0.5) is 22.0 Å². The third-order valence-electron chi connectivity index (χ3n) is 1.42. The van der Waals surface area contributed by atoms with Gasteiger partial charge in [-0.2, -0.15) is 22.0 Å². The van der Waals surface area contributed by atoms with Gasteiger partial charge in [-0.1, -0.05) is 20.8 Å². The van der Waals surface area contributed by atoms with E-state index in [0.717, 1.165) is 0 Å². The zero-order chi connectivity index (χ0) is 12.5. The summed E-state index contributed by atoms with van der Waals surface area (Å²) in [6.07, 6.45) is -5.85. The van der Waals surface area contributed by atoms with Gasteiger partial charge >= 0.3 is 12.1 Å². The van der Waals surface area contributed by atoms with Crippen molar-refractivity contribution < 1.29 is 26.7 Å². The molecule has 0 atom stereocenters. The van der Waals surface area contributed by atoms with Crippen LogP contribution in [0, 0.1) is 5.41 Å². The quantitative estimate of drug-likeness (QED) is 0.729. The second-order valence-electron chi connectivity index (χ2n) is 4.32. The van der Waals surface area contributed by atoms with Gasteiger partial charge in [-0.3, -0.25) is 4.79 Å². The van der Waals surface area contributed by atoms with Crippen LogP contribution in [0.15, 0.2) is 0 Å². The molecule has 0 spiro atoms. The Morgan fingerprint density at radius 3 is 1.73 bits per heavy atom. The Labute approximate surface area is 83.8 Å². The third kappa shape index (κ3) is 4.01.